The lowest BCUT2D eigenvalue weighted by Gasteiger charge is -2.26. The third-order valence-electron chi connectivity index (χ3n) is 5.75. The van der Waals surface area contributed by atoms with Gasteiger partial charge in [0.25, 0.3) is 0 Å². The molecule has 2 fully saturated rings. The molecule has 174 valence electrons. The SMILES string of the molecule is FC(F)(F)c1ccc(Cl)cc1/C(=N/OCC1CCCCC1)C1CCCCC1.N=S(=O)=O. The van der Waals surface area contributed by atoms with Gasteiger partial charge in [0.15, 0.2) is 0 Å². The number of alkyl halides is 3. The van der Waals surface area contributed by atoms with Gasteiger partial charge >= 0.3 is 16.7 Å². The minimum absolute atomic E-state index is 0.00956. The topological polar surface area (TPSA) is 79.6 Å². The molecule has 0 aromatic heterocycles. The van der Waals surface area contributed by atoms with E-state index in [0.717, 1.165) is 51.0 Å². The molecule has 10 heteroatoms. The summed E-state index contributed by atoms with van der Waals surface area (Å²) >= 11 is 6.04. The third-order valence-corrected chi connectivity index (χ3v) is 5.99. The largest absolute Gasteiger partial charge is 0.417 e. The highest BCUT2D eigenvalue weighted by Gasteiger charge is 2.36. The summed E-state index contributed by atoms with van der Waals surface area (Å²) < 4.78 is 63.6. The van der Waals surface area contributed by atoms with Gasteiger partial charge in [-0.2, -0.15) is 26.4 Å². The van der Waals surface area contributed by atoms with Gasteiger partial charge in [0, 0.05) is 16.5 Å². The average molecular weight is 481 g/mol. The quantitative estimate of drug-likeness (QED) is 0.369. The number of halogens is 4. The Morgan fingerprint density at radius 3 is 2.16 bits per heavy atom. The first kappa shape index (κ1) is 25.6. The number of rotatable bonds is 5. The van der Waals surface area contributed by atoms with Crippen LogP contribution in [0.3, 0.4) is 0 Å². The van der Waals surface area contributed by atoms with Gasteiger partial charge in [-0.05, 0) is 49.8 Å². The van der Waals surface area contributed by atoms with E-state index < -0.39 is 22.2 Å². The monoisotopic (exact) mass is 480 g/mol. The Bertz CT molecular complexity index is 841. The van der Waals surface area contributed by atoms with Crippen LogP contribution >= 0.6 is 11.6 Å². The van der Waals surface area contributed by atoms with Crippen molar-refractivity contribution in [3.63, 3.8) is 0 Å². The van der Waals surface area contributed by atoms with E-state index in [1.807, 2.05) is 0 Å². The van der Waals surface area contributed by atoms with Crippen molar-refractivity contribution in [2.45, 2.75) is 70.4 Å². The fourth-order valence-corrected chi connectivity index (χ4v) is 4.43. The molecule has 0 bridgehead atoms. The lowest BCUT2D eigenvalue weighted by Crippen LogP contribution is -2.23. The van der Waals surface area contributed by atoms with Gasteiger partial charge in [-0.25, -0.2) is 0 Å². The highest BCUT2D eigenvalue weighted by Crippen LogP contribution is 2.37. The van der Waals surface area contributed by atoms with E-state index in [0.29, 0.717) is 18.2 Å². The van der Waals surface area contributed by atoms with Gasteiger partial charge < -0.3 is 4.84 Å². The van der Waals surface area contributed by atoms with Crippen LogP contribution in [-0.4, -0.2) is 20.7 Å². The average Bonchev–Trinajstić information content (AvgIpc) is 2.71. The van der Waals surface area contributed by atoms with E-state index in [1.165, 1.54) is 31.4 Å². The lowest BCUT2D eigenvalue weighted by atomic mass is 9.82. The number of nitrogens with one attached hydrogen (secondary N) is 1. The fourth-order valence-electron chi connectivity index (χ4n) is 4.26. The number of oxime groups is 1. The van der Waals surface area contributed by atoms with Crippen LogP contribution in [-0.2, 0) is 21.5 Å². The van der Waals surface area contributed by atoms with Crippen LogP contribution in [0, 0.1) is 16.6 Å². The maximum atomic E-state index is 13.6. The minimum Gasteiger partial charge on any atom is -0.395 e. The maximum absolute atomic E-state index is 13.6. The molecule has 1 aromatic rings. The molecule has 0 amide bonds. The molecule has 0 unspecified atom stereocenters. The van der Waals surface area contributed by atoms with Crippen LogP contribution in [0.2, 0.25) is 5.02 Å². The van der Waals surface area contributed by atoms with Crippen molar-refractivity contribution < 1.29 is 26.4 Å². The first-order valence-electron chi connectivity index (χ1n) is 10.6. The highest BCUT2D eigenvalue weighted by molar-refractivity contribution is 7.60. The Morgan fingerprint density at radius 2 is 1.61 bits per heavy atom. The molecule has 1 N–H and O–H groups in total. The summed E-state index contributed by atoms with van der Waals surface area (Å²) in [7, 11) is -2.61. The zero-order chi connectivity index (χ0) is 22.9. The fraction of sp³-hybridized carbons (Fsp3) is 0.667. The van der Waals surface area contributed by atoms with E-state index in [4.69, 9.17) is 29.6 Å². The number of nitrogens with zero attached hydrogens (tertiary/aromatic N) is 1. The summed E-state index contributed by atoms with van der Waals surface area (Å²) in [6.07, 6.45) is 6.24. The molecule has 0 radical (unpaired) electrons. The van der Waals surface area contributed by atoms with Crippen molar-refractivity contribution in [2.75, 3.05) is 6.61 Å². The molecule has 2 aliphatic carbocycles. The van der Waals surface area contributed by atoms with E-state index in [1.54, 1.807) is 0 Å². The van der Waals surface area contributed by atoms with Crippen molar-refractivity contribution in [2.24, 2.45) is 17.0 Å². The van der Waals surface area contributed by atoms with Crippen LogP contribution in [0.25, 0.3) is 0 Å². The normalized spacial score (nSPS) is 18.8. The Morgan fingerprint density at radius 1 is 1.06 bits per heavy atom. The Kier molecular flexibility index (Phi) is 10.3. The molecule has 0 spiro atoms. The van der Waals surface area contributed by atoms with Gasteiger partial charge in [-0.3, -0.25) is 0 Å². The van der Waals surface area contributed by atoms with E-state index in [2.05, 4.69) is 5.16 Å². The number of hydrogen-bond donors (Lipinski definition) is 1. The molecule has 1 aromatic carbocycles. The van der Waals surface area contributed by atoms with E-state index in [-0.39, 0.29) is 16.5 Å². The van der Waals surface area contributed by atoms with Crippen LogP contribution < -0.4 is 0 Å². The summed E-state index contributed by atoms with van der Waals surface area (Å²) in [4.78, 5) is 5.63. The first-order valence-corrected chi connectivity index (χ1v) is 12.0. The van der Waals surface area contributed by atoms with Gasteiger partial charge in [-0.1, -0.05) is 55.3 Å². The number of hydrogen-bond acceptors (Lipinski definition) is 5. The lowest BCUT2D eigenvalue weighted by molar-refractivity contribution is -0.137. The van der Waals surface area contributed by atoms with Crippen LogP contribution in [0.5, 0.6) is 0 Å². The molecule has 0 heterocycles. The van der Waals surface area contributed by atoms with Crippen molar-refractivity contribution in [3.8, 4) is 0 Å². The van der Waals surface area contributed by atoms with Crippen molar-refractivity contribution in [1.82, 2.24) is 0 Å². The predicted octanol–water partition coefficient (Wildman–Crippen LogP) is 6.87. The summed E-state index contributed by atoms with van der Waals surface area (Å²) in [5.41, 5.74) is -0.191. The zero-order valence-corrected chi connectivity index (χ0v) is 18.8. The van der Waals surface area contributed by atoms with Crippen molar-refractivity contribution in [3.05, 3.63) is 34.3 Å². The second-order valence-electron chi connectivity index (χ2n) is 8.03. The summed E-state index contributed by atoms with van der Waals surface area (Å²) in [5, 5.41) is 4.57. The smallest absolute Gasteiger partial charge is 0.395 e. The van der Waals surface area contributed by atoms with Crippen LogP contribution in [0.4, 0.5) is 13.2 Å². The Hall–Kier alpha value is -1.61. The Balaban J connectivity index is 0.000000785. The molecule has 0 saturated heterocycles. The molecule has 3 rings (SSSR count). The Labute approximate surface area is 187 Å². The molecule has 0 atom stereocenters. The standard InChI is InChI=1S/C21H27ClF3NO.HNO2S/c22-17-11-12-19(21(23,24)25)18(13-17)20(16-9-5-2-6-10-16)26-27-14-15-7-3-1-4-8-15;1-4(2)3/h11-13,15-16H,1-10,14H2;1H/b26-20+;. The van der Waals surface area contributed by atoms with Gasteiger partial charge in [0.05, 0.1) is 11.3 Å². The third kappa shape index (κ3) is 8.80. The van der Waals surface area contributed by atoms with Gasteiger partial charge in [0.2, 0.25) is 0 Å². The molecule has 5 nitrogen and oxygen atoms in total. The molecule has 2 saturated carbocycles. The molecular weight excluding hydrogens is 453 g/mol. The summed E-state index contributed by atoms with van der Waals surface area (Å²) in [6.45, 7) is 0.484. The second-order valence-corrected chi connectivity index (χ2v) is 8.94. The molecule has 0 aliphatic heterocycles. The van der Waals surface area contributed by atoms with Gasteiger partial charge in [0.1, 0.15) is 6.61 Å². The van der Waals surface area contributed by atoms with Gasteiger partial charge in [-0.15, -0.1) is 0 Å². The van der Waals surface area contributed by atoms with Crippen LogP contribution in [0.15, 0.2) is 23.4 Å². The summed E-state index contributed by atoms with van der Waals surface area (Å²) in [5.74, 6) is 0.446. The zero-order valence-electron chi connectivity index (χ0n) is 17.3. The van der Waals surface area contributed by atoms with E-state index in [9.17, 15) is 13.2 Å². The molecule has 2 aliphatic rings. The molecule has 31 heavy (non-hydrogen) atoms. The van der Waals surface area contributed by atoms with Crippen molar-refractivity contribution >= 4 is 27.8 Å². The van der Waals surface area contributed by atoms with E-state index >= 15 is 0 Å². The van der Waals surface area contributed by atoms with Crippen molar-refractivity contribution in [1.29, 1.82) is 4.78 Å². The predicted molar refractivity (Wildman–Crippen MR) is 114 cm³/mol. The number of benzene rings is 1. The highest BCUT2D eigenvalue weighted by atomic mass is 35.5. The maximum Gasteiger partial charge on any atom is 0.417 e. The molecular formula is C21H28ClF3N2O3S. The first-order chi connectivity index (χ1) is 14.7. The summed E-state index contributed by atoms with van der Waals surface area (Å²) in [6, 6.07) is 3.73. The second kappa shape index (κ2) is 12.4. The minimum atomic E-state index is -4.45. The van der Waals surface area contributed by atoms with Crippen LogP contribution in [0.1, 0.15) is 75.3 Å².